The molecule has 4 rings (SSSR count). The zero-order chi connectivity index (χ0) is 21.3. The van der Waals surface area contributed by atoms with Gasteiger partial charge >= 0.3 is 0 Å². The number of rotatable bonds is 7. The van der Waals surface area contributed by atoms with Crippen LogP contribution in [0.15, 0.2) is 60.0 Å². The predicted octanol–water partition coefficient (Wildman–Crippen LogP) is 3.16. The lowest BCUT2D eigenvalue weighted by Crippen LogP contribution is -2.28. The van der Waals surface area contributed by atoms with Gasteiger partial charge in [0.1, 0.15) is 0 Å². The zero-order valence-electron chi connectivity index (χ0n) is 17.1. The molecule has 4 N–H and O–H groups in total. The smallest absolute Gasteiger partial charge is 0.259 e. The Morgan fingerprint density at radius 3 is 2.43 bits per heavy atom. The summed E-state index contributed by atoms with van der Waals surface area (Å²) in [7, 11) is 1.72. The molecule has 3 aromatic rings. The van der Waals surface area contributed by atoms with Gasteiger partial charge in [-0.15, -0.1) is 0 Å². The van der Waals surface area contributed by atoms with Crippen LogP contribution in [-0.2, 0) is 5.41 Å². The molecule has 1 aliphatic rings. The Bertz CT molecular complexity index is 1070. The third kappa shape index (κ3) is 3.69. The summed E-state index contributed by atoms with van der Waals surface area (Å²) in [6.45, 7) is 5.99. The molecule has 30 heavy (non-hydrogen) atoms. The molecule has 0 saturated heterocycles. The van der Waals surface area contributed by atoms with Gasteiger partial charge in [-0.05, 0) is 36.8 Å². The van der Waals surface area contributed by atoms with Crippen LogP contribution < -0.4 is 11.6 Å². The molecule has 154 valence electrons. The third-order valence-electron chi connectivity index (χ3n) is 5.58. The van der Waals surface area contributed by atoms with Crippen molar-refractivity contribution in [2.24, 2.45) is 11.8 Å². The Morgan fingerprint density at radius 2 is 1.87 bits per heavy atom. The normalized spacial score (nSPS) is 16.2. The van der Waals surface area contributed by atoms with Crippen LogP contribution in [0.25, 0.3) is 16.7 Å². The number of anilines is 1. The molecule has 2 aromatic heterocycles. The van der Waals surface area contributed by atoms with Crippen molar-refractivity contribution in [2.45, 2.75) is 25.2 Å². The molecule has 1 aromatic carbocycles. The number of nitrogens with zero attached hydrogens (tertiary/aromatic N) is 5. The van der Waals surface area contributed by atoms with E-state index in [4.69, 9.17) is 21.1 Å². The van der Waals surface area contributed by atoms with Crippen molar-refractivity contribution in [3.63, 3.8) is 0 Å². The first kappa shape index (κ1) is 19.8. The van der Waals surface area contributed by atoms with Crippen LogP contribution in [0.3, 0.4) is 0 Å². The number of aromatic nitrogens is 4. The van der Waals surface area contributed by atoms with Gasteiger partial charge in [0, 0.05) is 31.2 Å². The van der Waals surface area contributed by atoms with E-state index in [1.807, 2.05) is 0 Å². The second kappa shape index (κ2) is 7.72. The van der Waals surface area contributed by atoms with Crippen molar-refractivity contribution >= 4 is 11.5 Å². The van der Waals surface area contributed by atoms with Crippen LogP contribution in [0.2, 0.25) is 0 Å². The largest absolute Gasteiger partial charge is 0.368 e. The lowest BCUT2D eigenvalue weighted by Gasteiger charge is -2.27. The van der Waals surface area contributed by atoms with Crippen LogP contribution in [-0.4, -0.2) is 32.2 Å². The fraction of sp³-hybridized carbons (Fsp3) is 0.273. The summed E-state index contributed by atoms with van der Waals surface area (Å²) in [5.74, 6) is 7.51. The van der Waals surface area contributed by atoms with E-state index in [1.165, 1.54) is 5.01 Å². The van der Waals surface area contributed by atoms with Gasteiger partial charge in [-0.1, -0.05) is 42.1 Å². The molecule has 0 spiro atoms. The second-order valence-electron chi connectivity index (χ2n) is 7.76. The number of hydrogen-bond acceptors (Lipinski definition) is 8. The third-order valence-corrected chi connectivity index (χ3v) is 5.58. The van der Waals surface area contributed by atoms with Crippen molar-refractivity contribution in [2.75, 3.05) is 12.8 Å². The molecular formula is C22H25N7O. The van der Waals surface area contributed by atoms with Gasteiger partial charge in [0.25, 0.3) is 5.89 Å². The van der Waals surface area contributed by atoms with Gasteiger partial charge in [0.2, 0.25) is 5.95 Å². The number of hydrogen-bond donors (Lipinski definition) is 2. The van der Waals surface area contributed by atoms with Crippen LogP contribution in [0, 0.1) is 5.92 Å². The van der Waals surface area contributed by atoms with Gasteiger partial charge in [0.15, 0.2) is 5.82 Å². The van der Waals surface area contributed by atoms with Crippen LogP contribution >= 0.6 is 0 Å². The van der Waals surface area contributed by atoms with E-state index in [9.17, 15) is 0 Å². The number of hydrazine groups is 1. The molecule has 1 aliphatic carbocycles. The Morgan fingerprint density at radius 1 is 1.20 bits per heavy atom. The molecule has 0 aliphatic heterocycles. The second-order valence-corrected chi connectivity index (χ2v) is 7.76. The van der Waals surface area contributed by atoms with E-state index in [-0.39, 0.29) is 11.4 Å². The first-order chi connectivity index (χ1) is 14.4. The van der Waals surface area contributed by atoms with E-state index >= 15 is 0 Å². The van der Waals surface area contributed by atoms with Gasteiger partial charge in [0.05, 0.1) is 11.0 Å². The van der Waals surface area contributed by atoms with Crippen molar-refractivity contribution in [3.8, 4) is 11.1 Å². The molecule has 1 saturated carbocycles. The summed E-state index contributed by atoms with van der Waals surface area (Å²) >= 11 is 0. The molecule has 8 heteroatoms. The number of nitrogens with two attached hydrogens (primary N) is 2. The van der Waals surface area contributed by atoms with Gasteiger partial charge in [-0.3, -0.25) is 0 Å². The van der Waals surface area contributed by atoms with Crippen molar-refractivity contribution in [1.29, 1.82) is 0 Å². The first-order valence-electron chi connectivity index (χ1n) is 9.76. The fourth-order valence-electron chi connectivity index (χ4n) is 3.67. The average molecular weight is 403 g/mol. The maximum Gasteiger partial charge on any atom is 0.259 e. The fourth-order valence-corrected chi connectivity index (χ4v) is 3.67. The SMILES string of the molecule is C=C/C(=C\N(C)N)c1nc(C(C)(c2ccc(-c3cnc(N)nc3)cc2)C2CC2)no1. The van der Waals surface area contributed by atoms with Crippen LogP contribution in [0.1, 0.15) is 37.0 Å². The minimum absolute atomic E-state index is 0.262. The molecular weight excluding hydrogens is 378 g/mol. The van der Waals surface area contributed by atoms with Crippen LogP contribution in [0.4, 0.5) is 5.95 Å². The summed E-state index contributed by atoms with van der Waals surface area (Å²) in [4.78, 5) is 12.8. The Balaban J connectivity index is 1.68. The first-order valence-corrected chi connectivity index (χ1v) is 9.76. The monoisotopic (exact) mass is 403 g/mol. The number of nitrogen functional groups attached to an aromatic ring is 1. The molecule has 1 unspecified atom stereocenters. The highest BCUT2D eigenvalue weighted by Gasteiger charge is 2.47. The molecule has 0 radical (unpaired) electrons. The van der Waals surface area contributed by atoms with Crippen LogP contribution in [0.5, 0.6) is 0 Å². The minimum atomic E-state index is -0.348. The topological polar surface area (TPSA) is 120 Å². The quantitative estimate of drug-likeness (QED) is 0.351. The summed E-state index contributed by atoms with van der Waals surface area (Å²) < 4.78 is 5.56. The Labute approximate surface area is 175 Å². The zero-order valence-corrected chi connectivity index (χ0v) is 17.1. The lowest BCUT2D eigenvalue weighted by atomic mass is 9.76. The molecule has 0 amide bonds. The summed E-state index contributed by atoms with van der Waals surface area (Å²) in [5, 5.41) is 5.76. The van der Waals surface area contributed by atoms with E-state index in [0.29, 0.717) is 23.2 Å². The van der Waals surface area contributed by atoms with Crippen molar-refractivity contribution < 1.29 is 4.52 Å². The van der Waals surface area contributed by atoms with Crippen molar-refractivity contribution in [1.82, 2.24) is 25.1 Å². The average Bonchev–Trinajstić information content (AvgIpc) is 3.49. The highest BCUT2D eigenvalue weighted by Crippen LogP contribution is 2.50. The lowest BCUT2D eigenvalue weighted by molar-refractivity contribution is 0.373. The minimum Gasteiger partial charge on any atom is -0.368 e. The maximum atomic E-state index is 5.72. The van der Waals surface area contributed by atoms with E-state index in [1.54, 1.807) is 31.7 Å². The van der Waals surface area contributed by atoms with E-state index < -0.39 is 0 Å². The van der Waals surface area contributed by atoms with Crippen molar-refractivity contribution in [3.05, 3.63) is 72.8 Å². The number of allylic oxidation sites excluding steroid dienone is 2. The summed E-state index contributed by atoms with van der Waals surface area (Å²) in [6, 6.07) is 8.34. The standard InChI is InChI=1S/C22H25N7O/c1-4-14(13-29(3)24)19-27-20(28-30-19)22(2,18-9-10-18)17-7-5-15(6-8-17)16-11-25-21(23)26-12-16/h4-8,11-13,18H,1,9-10,24H2,2-3H3,(H2,23,25,26)/b14-13+. The molecule has 8 nitrogen and oxygen atoms in total. The highest BCUT2D eigenvalue weighted by atomic mass is 16.5. The number of benzene rings is 1. The van der Waals surface area contributed by atoms with E-state index in [2.05, 4.69) is 52.9 Å². The Hall–Kier alpha value is -3.52. The molecule has 2 heterocycles. The van der Waals surface area contributed by atoms with Gasteiger partial charge in [-0.25, -0.2) is 15.8 Å². The molecule has 1 fully saturated rings. The Kier molecular flexibility index (Phi) is 5.09. The summed E-state index contributed by atoms with van der Waals surface area (Å²) in [6.07, 6.45) is 9.05. The predicted molar refractivity (Wildman–Crippen MR) is 115 cm³/mol. The summed E-state index contributed by atoms with van der Waals surface area (Å²) in [5.41, 5.74) is 8.99. The highest BCUT2D eigenvalue weighted by molar-refractivity contribution is 5.67. The van der Waals surface area contributed by atoms with Gasteiger partial charge < -0.3 is 15.3 Å². The maximum absolute atomic E-state index is 5.72. The van der Waals surface area contributed by atoms with Gasteiger partial charge in [-0.2, -0.15) is 4.98 Å². The molecule has 1 atom stereocenters. The van der Waals surface area contributed by atoms with E-state index in [0.717, 1.165) is 29.5 Å². The molecule has 0 bridgehead atoms.